The Bertz CT molecular complexity index is 732. The lowest BCUT2D eigenvalue weighted by Crippen LogP contribution is -2.17. The number of aromatic nitrogens is 2. The van der Waals surface area contributed by atoms with Crippen molar-refractivity contribution in [3.05, 3.63) is 42.1 Å². The number of benzene rings is 1. The lowest BCUT2D eigenvalue weighted by Gasteiger charge is -2.14. The number of hydrogen-bond donors (Lipinski definition) is 2. The third kappa shape index (κ3) is 3.64. The van der Waals surface area contributed by atoms with Gasteiger partial charge in [0.05, 0.1) is 12.2 Å². The van der Waals surface area contributed by atoms with Gasteiger partial charge in [0.25, 0.3) is 5.91 Å². The van der Waals surface area contributed by atoms with Crippen molar-refractivity contribution in [2.75, 3.05) is 10.6 Å². The van der Waals surface area contributed by atoms with E-state index in [9.17, 15) is 9.59 Å². The molecule has 1 aromatic heterocycles. The second-order valence-corrected chi connectivity index (χ2v) is 6.21. The molecule has 2 aromatic rings. The Labute approximate surface area is 141 Å². The molecule has 0 spiro atoms. The van der Waals surface area contributed by atoms with Crippen LogP contribution in [-0.2, 0) is 4.79 Å². The third-order valence-corrected chi connectivity index (χ3v) is 4.28. The summed E-state index contributed by atoms with van der Waals surface area (Å²) in [6.45, 7) is 4.13. The predicted octanol–water partition coefficient (Wildman–Crippen LogP) is 3.45. The minimum atomic E-state index is -0.194. The first-order valence-corrected chi connectivity index (χ1v) is 8.34. The molecule has 24 heavy (non-hydrogen) atoms. The van der Waals surface area contributed by atoms with E-state index in [4.69, 9.17) is 0 Å². The highest BCUT2D eigenvalue weighted by Gasteiger charge is 2.29. The van der Waals surface area contributed by atoms with Crippen LogP contribution in [0.25, 0.3) is 0 Å². The molecule has 0 saturated heterocycles. The fourth-order valence-corrected chi connectivity index (χ4v) is 2.42. The zero-order chi connectivity index (χ0) is 17.1. The second kappa shape index (κ2) is 6.86. The molecule has 1 atom stereocenters. The Morgan fingerprint density at radius 3 is 2.54 bits per heavy atom. The van der Waals surface area contributed by atoms with E-state index >= 15 is 0 Å². The lowest BCUT2D eigenvalue weighted by atomic mass is 10.2. The van der Waals surface area contributed by atoms with Crippen LogP contribution in [0.2, 0.25) is 0 Å². The van der Waals surface area contributed by atoms with E-state index < -0.39 is 0 Å². The molecule has 1 aliphatic carbocycles. The van der Waals surface area contributed by atoms with Crippen molar-refractivity contribution in [2.24, 2.45) is 5.92 Å². The Hall–Kier alpha value is -2.63. The molecule has 1 fully saturated rings. The summed E-state index contributed by atoms with van der Waals surface area (Å²) in [5.74, 6) is 0.707. The van der Waals surface area contributed by atoms with Crippen LogP contribution in [0.3, 0.4) is 0 Å². The maximum Gasteiger partial charge on any atom is 0.256 e. The first kappa shape index (κ1) is 16.2. The first-order chi connectivity index (χ1) is 11.6. The van der Waals surface area contributed by atoms with Gasteiger partial charge in [-0.2, -0.15) is 5.10 Å². The molecule has 1 unspecified atom stereocenters. The van der Waals surface area contributed by atoms with Gasteiger partial charge >= 0.3 is 0 Å². The zero-order valence-corrected chi connectivity index (χ0v) is 14.0. The minimum absolute atomic E-state index is 0.0599. The molecule has 0 aliphatic heterocycles. The van der Waals surface area contributed by atoms with E-state index in [1.54, 1.807) is 36.5 Å². The highest BCUT2D eigenvalue weighted by atomic mass is 16.2. The fourth-order valence-electron chi connectivity index (χ4n) is 2.42. The number of carbonyl (C=O) groups is 2. The molecule has 1 aliphatic rings. The van der Waals surface area contributed by atoms with Gasteiger partial charge in [0.2, 0.25) is 5.91 Å². The maximum atomic E-state index is 12.4. The van der Waals surface area contributed by atoms with Crippen LogP contribution in [0.15, 0.2) is 36.5 Å². The topological polar surface area (TPSA) is 76.0 Å². The molecule has 1 saturated carbocycles. The van der Waals surface area contributed by atoms with Crippen molar-refractivity contribution >= 4 is 23.3 Å². The molecular formula is C18H22N4O2. The van der Waals surface area contributed by atoms with Gasteiger partial charge in [0.15, 0.2) is 0 Å². The Balaban J connectivity index is 1.65. The molecule has 126 valence electrons. The molecule has 0 bridgehead atoms. The van der Waals surface area contributed by atoms with Crippen LogP contribution in [0.1, 0.15) is 49.5 Å². The highest BCUT2D eigenvalue weighted by molar-refractivity contribution is 6.04. The van der Waals surface area contributed by atoms with E-state index in [1.165, 1.54) is 0 Å². The number of hydrogen-bond acceptors (Lipinski definition) is 3. The molecule has 1 heterocycles. The molecule has 1 aromatic carbocycles. The molecule has 2 N–H and O–H groups in total. The van der Waals surface area contributed by atoms with Crippen molar-refractivity contribution in [1.29, 1.82) is 0 Å². The van der Waals surface area contributed by atoms with Gasteiger partial charge in [-0.05, 0) is 50.5 Å². The average molecular weight is 326 g/mol. The molecule has 6 nitrogen and oxygen atoms in total. The number of nitrogens with zero attached hydrogens (tertiary/aromatic N) is 2. The van der Waals surface area contributed by atoms with Gasteiger partial charge in [0.1, 0.15) is 5.82 Å². The van der Waals surface area contributed by atoms with E-state index in [0.717, 1.165) is 19.3 Å². The standard InChI is InChI=1S/C18H22N4O2/c1-3-12(2)22-16(10-11-19-22)21-18(24)14-6-8-15(9-7-14)20-17(23)13-4-5-13/h6-13H,3-5H2,1-2H3,(H,20,23)(H,21,24). The monoisotopic (exact) mass is 326 g/mol. The van der Waals surface area contributed by atoms with Crippen molar-refractivity contribution in [3.63, 3.8) is 0 Å². The summed E-state index contributed by atoms with van der Waals surface area (Å²) in [4.78, 5) is 24.1. The highest BCUT2D eigenvalue weighted by Crippen LogP contribution is 2.30. The predicted molar refractivity (Wildman–Crippen MR) is 93.0 cm³/mol. The number of anilines is 2. The minimum Gasteiger partial charge on any atom is -0.326 e. The summed E-state index contributed by atoms with van der Waals surface area (Å²) < 4.78 is 1.81. The Morgan fingerprint density at radius 1 is 1.21 bits per heavy atom. The van der Waals surface area contributed by atoms with Crippen molar-refractivity contribution < 1.29 is 9.59 Å². The van der Waals surface area contributed by atoms with Crippen LogP contribution < -0.4 is 10.6 Å². The van der Waals surface area contributed by atoms with Crippen LogP contribution in [0.4, 0.5) is 11.5 Å². The Kier molecular flexibility index (Phi) is 4.64. The van der Waals surface area contributed by atoms with E-state index in [0.29, 0.717) is 17.1 Å². The molecule has 6 heteroatoms. The normalized spacial score (nSPS) is 14.9. The molecule has 3 rings (SSSR count). The summed E-state index contributed by atoms with van der Waals surface area (Å²) >= 11 is 0. The van der Waals surface area contributed by atoms with Gasteiger partial charge in [-0.1, -0.05) is 6.92 Å². The third-order valence-electron chi connectivity index (χ3n) is 4.28. The molecule has 0 radical (unpaired) electrons. The summed E-state index contributed by atoms with van der Waals surface area (Å²) in [5.41, 5.74) is 1.25. The zero-order valence-electron chi connectivity index (χ0n) is 14.0. The van der Waals surface area contributed by atoms with E-state index in [-0.39, 0.29) is 23.8 Å². The summed E-state index contributed by atoms with van der Waals surface area (Å²) in [6, 6.07) is 8.93. The molecule has 2 amide bonds. The van der Waals surface area contributed by atoms with E-state index in [2.05, 4.69) is 29.6 Å². The maximum absolute atomic E-state index is 12.4. The number of carbonyl (C=O) groups excluding carboxylic acids is 2. The van der Waals surface area contributed by atoms with Gasteiger partial charge in [-0.3, -0.25) is 9.59 Å². The van der Waals surface area contributed by atoms with Crippen molar-refractivity contribution in [3.8, 4) is 0 Å². The summed E-state index contributed by atoms with van der Waals surface area (Å²) in [6.07, 6.45) is 4.55. The fraction of sp³-hybridized carbons (Fsp3) is 0.389. The summed E-state index contributed by atoms with van der Waals surface area (Å²) in [7, 11) is 0. The molecular weight excluding hydrogens is 304 g/mol. The van der Waals surface area contributed by atoms with Gasteiger partial charge in [-0.25, -0.2) is 4.68 Å². The SMILES string of the molecule is CCC(C)n1nccc1NC(=O)c1ccc(NC(=O)C2CC2)cc1. The largest absolute Gasteiger partial charge is 0.326 e. The van der Waals surface area contributed by atoms with Crippen molar-refractivity contribution in [1.82, 2.24) is 9.78 Å². The smallest absolute Gasteiger partial charge is 0.256 e. The van der Waals surface area contributed by atoms with Crippen LogP contribution >= 0.6 is 0 Å². The number of rotatable bonds is 6. The van der Waals surface area contributed by atoms with Crippen LogP contribution in [0, 0.1) is 5.92 Å². The Morgan fingerprint density at radius 2 is 1.92 bits per heavy atom. The van der Waals surface area contributed by atoms with Crippen LogP contribution in [0.5, 0.6) is 0 Å². The number of nitrogens with one attached hydrogen (secondary N) is 2. The number of amides is 2. The lowest BCUT2D eigenvalue weighted by molar-refractivity contribution is -0.117. The second-order valence-electron chi connectivity index (χ2n) is 6.21. The van der Waals surface area contributed by atoms with E-state index in [1.807, 2.05) is 4.68 Å². The van der Waals surface area contributed by atoms with Gasteiger partial charge in [-0.15, -0.1) is 0 Å². The van der Waals surface area contributed by atoms with Gasteiger partial charge < -0.3 is 10.6 Å². The van der Waals surface area contributed by atoms with Crippen LogP contribution in [-0.4, -0.2) is 21.6 Å². The summed E-state index contributed by atoms with van der Waals surface area (Å²) in [5, 5.41) is 10.0. The average Bonchev–Trinajstić information content (AvgIpc) is 3.35. The van der Waals surface area contributed by atoms with Crippen molar-refractivity contribution in [2.45, 2.75) is 39.2 Å². The van der Waals surface area contributed by atoms with Gasteiger partial charge in [0, 0.05) is 23.2 Å². The first-order valence-electron chi connectivity index (χ1n) is 8.34. The quantitative estimate of drug-likeness (QED) is 0.853.